The van der Waals surface area contributed by atoms with Crippen LogP contribution in [0.1, 0.15) is 6.92 Å². The third-order valence-electron chi connectivity index (χ3n) is 2.51. The fourth-order valence-electron chi connectivity index (χ4n) is 1.69. The van der Waals surface area contributed by atoms with Crippen molar-refractivity contribution in [2.75, 3.05) is 17.1 Å². The Labute approximate surface area is 117 Å². The molecule has 108 valence electrons. The summed E-state index contributed by atoms with van der Waals surface area (Å²) in [6.07, 6.45) is 2.98. The van der Waals surface area contributed by atoms with Crippen LogP contribution in [0.4, 0.5) is 11.4 Å². The van der Waals surface area contributed by atoms with E-state index in [2.05, 4.69) is 9.82 Å². The van der Waals surface area contributed by atoms with E-state index in [1.54, 1.807) is 26.2 Å². The average Bonchev–Trinajstić information content (AvgIpc) is 2.76. The zero-order valence-corrected chi connectivity index (χ0v) is 12.0. The number of nitrogens with two attached hydrogens (primary N) is 1. The van der Waals surface area contributed by atoms with Gasteiger partial charge >= 0.3 is 0 Å². The summed E-state index contributed by atoms with van der Waals surface area (Å²) in [4.78, 5) is 0.00297. The number of nitrogens with one attached hydrogen (secondary N) is 1. The van der Waals surface area contributed by atoms with Gasteiger partial charge in [-0.3, -0.25) is 9.40 Å². The Hall–Kier alpha value is -2.22. The predicted molar refractivity (Wildman–Crippen MR) is 76.0 cm³/mol. The lowest BCUT2D eigenvalue weighted by molar-refractivity contribution is 0.331. The Morgan fingerprint density at radius 3 is 2.80 bits per heavy atom. The highest BCUT2D eigenvalue weighted by molar-refractivity contribution is 7.92. The van der Waals surface area contributed by atoms with Gasteiger partial charge in [-0.1, -0.05) is 0 Å². The number of hydrogen-bond donors (Lipinski definition) is 2. The van der Waals surface area contributed by atoms with Gasteiger partial charge in [0.1, 0.15) is 10.6 Å². The second kappa shape index (κ2) is 5.41. The van der Waals surface area contributed by atoms with Crippen molar-refractivity contribution in [3.63, 3.8) is 0 Å². The van der Waals surface area contributed by atoms with Crippen LogP contribution in [0.25, 0.3) is 0 Å². The molecule has 1 heterocycles. The number of nitrogens with zero attached hydrogens (tertiary/aromatic N) is 2. The molecule has 1 aromatic carbocycles. The van der Waals surface area contributed by atoms with Crippen molar-refractivity contribution in [3.8, 4) is 5.75 Å². The standard InChI is InChI=1S/C12H16N4O3S/c1-3-19-11-5-4-9(13)6-12(11)20(17,18)15-10-7-14-16(2)8-10/h4-8,15H,3,13H2,1-2H3. The van der Waals surface area contributed by atoms with E-state index in [9.17, 15) is 8.42 Å². The molecular weight excluding hydrogens is 280 g/mol. The lowest BCUT2D eigenvalue weighted by Gasteiger charge is -2.12. The lowest BCUT2D eigenvalue weighted by atomic mass is 10.3. The maximum atomic E-state index is 12.4. The lowest BCUT2D eigenvalue weighted by Crippen LogP contribution is -2.14. The van der Waals surface area contributed by atoms with Crippen LogP contribution in [-0.4, -0.2) is 24.8 Å². The maximum Gasteiger partial charge on any atom is 0.265 e. The van der Waals surface area contributed by atoms with Gasteiger partial charge in [-0.15, -0.1) is 0 Å². The quantitative estimate of drug-likeness (QED) is 0.808. The van der Waals surface area contributed by atoms with E-state index in [4.69, 9.17) is 10.5 Å². The topological polar surface area (TPSA) is 99.2 Å². The van der Waals surface area contributed by atoms with Crippen LogP contribution in [-0.2, 0) is 17.1 Å². The first-order valence-electron chi connectivity index (χ1n) is 5.96. The summed E-state index contributed by atoms with van der Waals surface area (Å²) in [5, 5.41) is 3.90. The molecule has 0 saturated heterocycles. The Kier molecular flexibility index (Phi) is 3.84. The molecule has 20 heavy (non-hydrogen) atoms. The summed E-state index contributed by atoms with van der Waals surface area (Å²) in [5.74, 6) is 0.262. The van der Waals surface area contributed by atoms with Crippen LogP contribution >= 0.6 is 0 Å². The molecule has 0 spiro atoms. The van der Waals surface area contributed by atoms with Crippen molar-refractivity contribution in [1.29, 1.82) is 0 Å². The molecule has 0 aliphatic rings. The van der Waals surface area contributed by atoms with Crippen molar-refractivity contribution < 1.29 is 13.2 Å². The molecule has 0 aliphatic carbocycles. The molecule has 7 nitrogen and oxygen atoms in total. The molecule has 8 heteroatoms. The van der Waals surface area contributed by atoms with Crippen LogP contribution in [0.2, 0.25) is 0 Å². The zero-order chi connectivity index (χ0) is 14.8. The number of aromatic nitrogens is 2. The van der Waals surface area contributed by atoms with E-state index in [1.807, 2.05) is 0 Å². The molecule has 0 saturated carbocycles. The van der Waals surface area contributed by atoms with Crippen LogP contribution < -0.4 is 15.2 Å². The van der Waals surface area contributed by atoms with Crippen molar-refractivity contribution in [2.45, 2.75) is 11.8 Å². The molecule has 0 aliphatic heterocycles. The highest BCUT2D eigenvalue weighted by Crippen LogP contribution is 2.27. The van der Waals surface area contributed by atoms with Crippen molar-refractivity contribution in [2.24, 2.45) is 7.05 Å². The molecule has 2 rings (SSSR count). The van der Waals surface area contributed by atoms with Crippen LogP contribution in [0, 0.1) is 0 Å². The predicted octanol–water partition coefficient (Wildman–Crippen LogP) is 1.20. The molecule has 0 bridgehead atoms. The minimum absolute atomic E-state index is 0.00297. The molecule has 0 amide bonds. The van der Waals surface area contributed by atoms with E-state index < -0.39 is 10.0 Å². The van der Waals surface area contributed by atoms with Gasteiger partial charge < -0.3 is 10.5 Å². The fraction of sp³-hybridized carbons (Fsp3) is 0.250. The van der Waals surface area contributed by atoms with Gasteiger partial charge in [0.25, 0.3) is 10.0 Å². The molecule has 2 aromatic rings. The van der Waals surface area contributed by atoms with Crippen molar-refractivity contribution in [3.05, 3.63) is 30.6 Å². The SMILES string of the molecule is CCOc1ccc(N)cc1S(=O)(=O)Nc1cnn(C)c1. The van der Waals surface area contributed by atoms with Crippen molar-refractivity contribution >= 4 is 21.4 Å². The number of anilines is 2. The molecule has 0 radical (unpaired) electrons. The highest BCUT2D eigenvalue weighted by atomic mass is 32.2. The molecule has 3 N–H and O–H groups in total. The zero-order valence-electron chi connectivity index (χ0n) is 11.2. The summed E-state index contributed by atoms with van der Waals surface area (Å²) in [6.45, 7) is 2.14. The van der Waals surface area contributed by atoms with E-state index in [0.29, 0.717) is 18.0 Å². The number of rotatable bonds is 5. The van der Waals surface area contributed by atoms with Crippen LogP contribution in [0.3, 0.4) is 0 Å². The molecule has 0 unspecified atom stereocenters. The summed E-state index contributed by atoms with van der Waals surface area (Å²) in [7, 11) is -2.09. The third kappa shape index (κ3) is 3.02. The number of ether oxygens (including phenoxy) is 1. The molecule has 0 atom stereocenters. The van der Waals surface area contributed by atoms with Gasteiger partial charge in [-0.05, 0) is 25.1 Å². The second-order valence-electron chi connectivity index (χ2n) is 4.15. The van der Waals surface area contributed by atoms with E-state index in [1.165, 1.54) is 23.0 Å². The molecular formula is C12H16N4O3S. The first kappa shape index (κ1) is 14.2. The van der Waals surface area contributed by atoms with Gasteiger partial charge in [0, 0.05) is 18.9 Å². The van der Waals surface area contributed by atoms with Gasteiger partial charge in [-0.25, -0.2) is 8.42 Å². The first-order chi connectivity index (χ1) is 9.42. The number of nitrogen functional groups attached to an aromatic ring is 1. The number of benzene rings is 1. The Morgan fingerprint density at radius 2 is 2.20 bits per heavy atom. The molecule has 0 fully saturated rings. The largest absolute Gasteiger partial charge is 0.492 e. The Morgan fingerprint density at radius 1 is 1.45 bits per heavy atom. The van der Waals surface area contributed by atoms with Gasteiger partial charge in [0.2, 0.25) is 0 Å². The normalized spacial score (nSPS) is 11.3. The maximum absolute atomic E-state index is 12.4. The smallest absolute Gasteiger partial charge is 0.265 e. The molecule has 1 aromatic heterocycles. The Balaban J connectivity index is 2.40. The minimum Gasteiger partial charge on any atom is -0.492 e. The fourth-order valence-corrected chi connectivity index (χ4v) is 2.90. The second-order valence-corrected chi connectivity index (χ2v) is 5.80. The van der Waals surface area contributed by atoms with Crippen LogP contribution in [0.15, 0.2) is 35.5 Å². The third-order valence-corrected chi connectivity index (χ3v) is 3.92. The highest BCUT2D eigenvalue weighted by Gasteiger charge is 2.20. The van der Waals surface area contributed by atoms with Gasteiger partial charge in [0.05, 0.1) is 18.5 Å². The number of hydrogen-bond acceptors (Lipinski definition) is 5. The number of sulfonamides is 1. The summed E-state index contributed by atoms with van der Waals surface area (Å²) < 4.78 is 34.0. The summed E-state index contributed by atoms with van der Waals surface area (Å²) in [6, 6.07) is 4.49. The summed E-state index contributed by atoms with van der Waals surface area (Å²) in [5.41, 5.74) is 6.37. The van der Waals surface area contributed by atoms with Crippen LogP contribution in [0.5, 0.6) is 5.75 Å². The Bertz CT molecular complexity index is 709. The first-order valence-corrected chi connectivity index (χ1v) is 7.44. The van der Waals surface area contributed by atoms with E-state index in [-0.39, 0.29) is 10.6 Å². The van der Waals surface area contributed by atoms with Gasteiger partial charge in [0.15, 0.2) is 0 Å². The number of aryl methyl sites for hydroxylation is 1. The monoisotopic (exact) mass is 296 g/mol. The van der Waals surface area contributed by atoms with Crippen molar-refractivity contribution in [1.82, 2.24) is 9.78 Å². The van der Waals surface area contributed by atoms with Gasteiger partial charge in [-0.2, -0.15) is 5.10 Å². The summed E-state index contributed by atoms with van der Waals surface area (Å²) >= 11 is 0. The van der Waals surface area contributed by atoms with E-state index >= 15 is 0 Å². The average molecular weight is 296 g/mol. The minimum atomic E-state index is -3.78. The van der Waals surface area contributed by atoms with E-state index in [0.717, 1.165) is 0 Å².